The third-order valence-electron chi connectivity index (χ3n) is 4.71. The molecule has 1 heterocycles. The lowest BCUT2D eigenvalue weighted by Gasteiger charge is -2.36. The van der Waals surface area contributed by atoms with Gasteiger partial charge in [-0.25, -0.2) is 13.4 Å². The second kappa shape index (κ2) is 11.4. The second-order valence-corrected chi connectivity index (χ2v) is 9.39. The molecule has 10 heteroatoms. The van der Waals surface area contributed by atoms with E-state index < -0.39 is 10.0 Å². The van der Waals surface area contributed by atoms with Crippen LogP contribution in [-0.4, -0.2) is 87.0 Å². The number of phenols is 1. The molecule has 0 saturated carbocycles. The van der Waals surface area contributed by atoms with Crippen molar-refractivity contribution in [2.75, 3.05) is 52.2 Å². The Morgan fingerprint density at radius 2 is 1.97 bits per heavy atom. The molecule has 0 unspecified atom stereocenters. The zero-order valence-corrected chi connectivity index (χ0v) is 19.1. The Hall–Kier alpha value is -2.04. The lowest BCUT2D eigenvalue weighted by molar-refractivity contribution is 0.0904. The molecule has 0 atom stereocenters. The summed E-state index contributed by atoms with van der Waals surface area (Å²) >= 11 is 0. The zero-order valence-electron chi connectivity index (χ0n) is 18.3. The number of hydrogen-bond acceptors (Lipinski definition) is 6. The molecule has 1 fully saturated rings. The molecule has 170 valence electrons. The summed E-state index contributed by atoms with van der Waals surface area (Å²) in [6.07, 6.45) is 0.0172. The number of piperazine rings is 1. The van der Waals surface area contributed by atoms with Crippen molar-refractivity contribution in [2.45, 2.75) is 33.4 Å². The molecule has 1 aromatic rings. The van der Waals surface area contributed by atoms with Gasteiger partial charge < -0.3 is 24.8 Å². The van der Waals surface area contributed by atoms with Crippen molar-refractivity contribution in [3.05, 3.63) is 23.8 Å². The Kier molecular flexibility index (Phi) is 9.19. The molecule has 1 aliphatic heterocycles. The van der Waals surface area contributed by atoms with E-state index in [-0.39, 0.29) is 24.2 Å². The van der Waals surface area contributed by atoms with Crippen LogP contribution in [0, 0.1) is 0 Å². The number of benzene rings is 1. The molecule has 2 N–H and O–H groups in total. The highest BCUT2D eigenvalue weighted by Crippen LogP contribution is 2.26. The predicted molar refractivity (Wildman–Crippen MR) is 117 cm³/mol. The molecule has 0 bridgehead atoms. The number of aliphatic imine (C=N–C) groups is 1. The van der Waals surface area contributed by atoms with Crippen molar-refractivity contribution >= 4 is 16.0 Å². The summed E-state index contributed by atoms with van der Waals surface area (Å²) in [7, 11) is -1.82. The SMILES string of the molecule is CCNC(=NCc1ccc(OC)c(O)c1)N1CCN(S(=O)(=O)CCOC(C)C)CC1. The maximum Gasteiger partial charge on any atom is 0.216 e. The number of nitrogens with zero attached hydrogens (tertiary/aromatic N) is 3. The van der Waals surface area contributed by atoms with E-state index >= 15 is 0 Å². The number of phenolic OH excluding ortho intramolecular Hbond substituents is 1. The Labute approximate surface area is 179 Å². The lowest BCUT2D eigenvalue weighted by atomic mass is 10.2. The fourth-order valence-corrected chi connectivity index (χ4v) is 4.41. The van der Waals surface area contributed by atoms with Gasteiger partial charge in [0.05, 0.1) is 32.1 Å². The molecule has 0 spiro atoms. The van der Waals surface area contributed by atoms with Crippen LogP contribution in [0.2, 0.25) is 0 Å². The number of nitrogens with one attached hydrogen (secondary N) is 1. The first kappa shape index (κ1) is 24.2. The third kappa shape index (κ3) is 7.03. The van der Waals surface area contributed by atoms with Crippen LogP contribution in [0.3, 0.4) is 0 Å². The first-order valence-electron chi connectivity index (χ1n) is 10.3. The number of aromatic hydroxyl groups is 1. The van der Waals surface area contributed by atoms with Crippen molar-refractivity contribution in [3.8, 4) is 11.5 Å². The summed E-state index contributed by atoms with van der Waals surface area (Å²) in [6.45, 7) is 9.02. The van der Waals surface area contributed by atoms with E-state index in [1.54, 1.807) is 12.1 Å². The summed E-state index contributed by atoms with van der Waals surface area (Å²) in [5.74, 6) is 1.23. The summed E-state index contributed by atoms with van der Waals surface area (Å²) < 4.78 is 37.0. The molecule has 0 amide bonds. The summed E-state index contributed by atoms with van der Waals surface area (Å²) in [5, 5.41) is 13.2. The van der Waals surface area contributed by atoms with Crippen LogP contribution in [0.15, 0.2) is 23.2 Å². The topological polar surface area (TPSA) is 104 Å². The first-order valence-corrected chi connectivity index (χ1v) is 11.9. The van der Waals surface area contributed by atoms with E-state index in [9.17, 15) is 13.5 Å². The van der Waals surface area contributed by atoms with Gasteiger partial charge in [0, 0.05) is 32.7 Å². The molecule has 1 aromatic carbocycles. The monoisotopic (exact) mass is 442 g/mol. The molecular formula is C20H34N4O5S. The summed E-state index contributed by atoms with van der Waals surface area (Å²) in [5.41, 5.74) is 0.857. The van der Waals surface area contributed by atoms with E-state index in [1.807, 2.05) is 26.8 Å². The van der Waals surface area contributed by atoms with Gasteiger partial charge in [0.15, 0.2) is 17.5 Å². The van der Waals surface area contributed by atoms with E-state index in [1.165, 1.54) is 11.4 Å². The van der Waals surface area contributed by atoms with Crippen molar-refractivity contribution in [2.24, 2.45) is 4.99 Å². The Bertz CT molecular complexity index is 805. The standard InChI is InChI=1S/C20H34N4O5S/c1-5-21-20(22-15-17-6-7-19(28-4)18(25)14-17)23-8-10-24(11-9-23)30(26,27)13-12-29-16(2)3/h6-7,14,16,25H,5,8-13,15H2,1-4H3,(H,21,22). The lowest BCUT2D eigenvalue weighted by Crippen LogP contribution is -2.54. The maximum atomic E-state index is 12.5. The van der Waals surface area contributed by atoms with Gasteiger partial charge in [0.25, 0.3) is 0 Å². The summed E-state index contributed by atoms with van der Waals surface area (Å²) in [6, 6.07) is 5.20. The molecule has 9 nitrogen and oxygen atoms in total. The highest BCUT2D eigenvalue weighted by Gasteiger charge is 2.28. The first-order chi connectivity index (χ1) is 14.3. The van der Waals surface area contributed by atoms with Gasteiger partial charge in [-0.05, 0) is 38.5 Å². The van der Waals surface area contributed by atoms with Crippen molar-refractivity contribution < 1.29 is 23.0 Å². The smallest absolute Gasteiger partial charge is 0.216 e. The number of hydrogen-bond donors (Lipinski definition) is 2. The Balaban J connectivity index is 1.96. The average molecular weight is 443 g/mol. The van der Waals surface area contributed by atoms with E-state index in [2.05, 4.69) is 15.2 Å². The minimum atomic E-state index is -3.33. The van der Waals surface area contributed by atoms with E-state index in [0.29, 0.717) is 45.0 Å². The number of guanidine groups is 1. The van der Waals surface area contributed by atoms with Crippen LogP contribution in [0.25, 0.3) is 0 Å². The van der Waals surface area contributed by atoms with E-state index in [0.717, 1.165) is 11.5 Å². The normalized spacial score (nSPS) is 16.2. The Morgan fingerprint density at radius 3 is 2.53 bits per heavy atom. The van der Waals surface area contributed by atoms with E-state index in [4.69, 9.17) is 9.47 Å². The molecule has 0 aromatic heterocycles. The molecule has 1 aliphatic rings. The van der Waals surface area contributed by atoms with Crippen LogP contribution in [0.5, 0.6) is 11.5 Å². The number of sulfonamides is 1. The zero-order chi connectivity index (χ0) is 22.1. The van der Waals surface area contributed by atoms with Gasteiger partial charge >= 0.3 is 0 Å². The van der Waals surface area contributed by atoms with Gasteiger partial charge in [-0.3, -0.25) is 0 Å². The van der Waals surface area contributed by atoms with Gasteiger partial charge in [0.2, 0.25) is 10.0 Å². The molecule has 30 heavy (non-hydrogen) atoms. The average Bonchev–Trinajstić information content (AvgIpc) is 2.71. The van der Waals surface area contributed by atoms with Crippen molar-refractivity contribution in [3.63, 3.8) is 0 Å². The Morgan fingerprint density at radius 1 is 1.27 bits per heavy atom. The summed E-state index contributed by atoms with van der Waals surface area (Å²) in [4.78, 5) is 6.71. The van der Waals surface area contributed by atoms with Crippen LogP contribution in [-0.2, 0) is 21.3 Å². The number of methoxy groups -OCH3 is 1. The van der Waals surface area contributed by atoms with Crippen LogP contribution in [0.4, 0.5) is 0 Å². The van der Waals surface area contributed by atoms with Gasteiger partial charge in [-0.1, -0.05) is 6.07 Å². The van der Waals surface area contributed by atoms with Gasteiger partial charge in [-0.15, -0.1) is 0 Å². The molecule has 1 saturated heterocycles. The van der Waals surface area contributed by atoms with Crippen LogP contribution < -0.4 is 10.1 Å². The van der Waals surface area contributed by atoms with Gasteiger partial charge in [-0.2, -0.15) is 4.31 Å². The maximum absolute atomic E-state index is 12.5. The molecule has 0 aliphatic carbocycles. The third-order valence-corrected chi connectivity index (χ3v) is 6.55. The molecular weight excluding hydrogens is 408 g/mol. The van der Waals surface area contributed by atoms with Crippen LogP contribution in [0.1, 0.15) is 26.3 Å². The largest absolute Gasteiger partial charge is 0.504 e. The minimum absolute atomic E-state index is 0.000297. The number of ether oxygens (including phenoxy) is 2. The van der Waals surface area contributed by atoms with Crippen molar-refractivity contribution in [1.82, 2.24) is 14.5 Å². The fourth-order valence-electron chi connectivity index (χ4n) is 3.12. The predicted octanol–water partition coefficient (Wildman–Crippen LogP) is 1.24. The minimum Gasteiger partial charge on any atom is -0.504 e. The highest BCUT2D eigenvalue weighted by molar-refractivity contribution is 7.89. The molecule has 0 radical (unpaired) electrons. The number of rotatable bonds is 9. The van der Waals surface area contributed by atoms with Crippen molar-refractivity contribution in [1.29, 1.82) is 0 Å². The van der Waals surface area contributed by atoms with Crippen LogP contribution >= 0.6 is 0 Å². The molecule has 2 rings (SSSR count). The highest BCUT2D eigenvalue weighted by atomic mass is 32.2. The second-order valence-electron chi connectivity index (χ2n) is 7.30. The van der Waals surface area contributed by atoms with Gasteiger partial charge in [0.1, 0.15) is 0 Å². The fraction of sp³-hybridized carbons (Fsp3) is 0.650. The quantitative estimate of drug-likeness (QED) is 0.438.